The monoisotopic (exact) mass is 232 g/mol. The molecule has 0 N–H and O–H groups in total. The SMILES string of the molecule is C=C(c1ccccc1)C1(C)OC(=O)OC1(C)C. The molecular weight excluding hydrogens is 216 g/mol. The molecule has 3 heteroatoms. The van der Waals surface area contributed by atoms with Gasteiger partial charge in [-0.05, 0) is 31.9 Å². The summed E-state index contributed by atoms with van der Waals surface area (Å²) in [5.41, 5.74) is 0.123. The molecule has 90 valence electrons. The number of carbonyl (C=O) groups excluding carboxylic acids is 1. The zero-order valence-electron chi connectivity index (χ0n) is 10.3. The highest BCUT2D eigenvalue weighted by atomic mass is 16.8. The van der Waals surface area contributed by atoms with Gasteiger partial charge in [-0.1, -0.05) is 36.9 Å². The van der Waals surface area contributed by atoms with E-state index in [1.54, 1.807) is 0 Å². The summed E-state index contributed by atoms with van der Waals surface area (Å²) in [7, 11) is 0. The highest BCUT2D eigenvalue weighted by molar-refractivity contribution is 5.77. The Morgan fingerprint density at radius 3 is 2.18 bits per heavy atom. The number of rotatable bonds is 2. The van der Waals surface area contributed by atoms with E-state index < -0.39 is 17.4 Å². The van der Waals surface area contributed by atoms with Crippen molar-refractivity contribution in [3.63, 3.8) is 0 Å². The van der Waals surface area contributed by atoms with Crippen molar-refractivity contribution in [2.45, 2.75) is 32.0 Å². The zero-order valence-corrected chi connectivity index (χ0v) is 10.3. The van der Waals surface area contributed by atoms with E-state index in [9.17, 15) is 4.79 Å². The molecule has 1 aromatic rings. The van der Waals surface area contributed by atoms with Gasteiger partial charge in [0.15, 0.2) is 11.2 Å². The summed E-state index contributed by atoms with van der Waals surface area (Å²) < 4.78 is 10.5. The quantitative estimate of drug-likeness (QED) is 0.733. The van der Waals surface area contributed by atoms with Crippen LogP contribution in [0.4, 0.5) is 4.79 Å². The van der Waals surface area contributed by atoms with E-state index in [2.05, 4.69) is 6.58 Å². The van der Waals surface area contributed by atoms with Crippen molar-refractivity contribution in [2.24, 2.45) is 0 Å². The molecule has 2 rings (SSSR count). The van der Waals surface area contributed by atoms with Gasteiger partial charge in [0.05, 0.1) is 0 Å². The summed E-state index contributed by atoms with van der Waals surface area (Å²) in [6.07, 6.45) is -0.644. The second-order valence-corrected chi connectivity index (χ2v) is 4.84. The second-order valence-electron chi connectivity index (χ2n) is 4.84. The number of carbonyl (C=O) groups is 1. The van der Waals surface area contributed by atoms with E-state index in [1.807, 2.05) is 51.1 Å². The Balaban J connectivity index is 2.40. The Morgan fingerprint density at radius 2 is 1.71 bits per heavy atom. The van der Waals surface area contributed by atoms with Gasteiger partial charge < -0.3 is 9.47 Å². The minimum absolute atomic E-state index is 0.644. The minimum Gasteiger partial charge on any atom is -0.424 e. The van der Waals surface area contributed by atoms with Crippen molar-refractivity contribution >= 4 is 11.7 Å². The number of cyclic esters (lactones) is 2. The molecule has 1 aliphatic heterocycles. The summed E-state index contributed by atoms with van der Waals surface area (Å²) in [6, 6.07) is 9.66. The molecule has 0 saturated carbocycles. The Morgan fingerprint density at radius 1 is 1.12 bits per heavy atom. The van der Waals surface area contributed by atoms with Crippen LogP contribution in [0, 0.1) is 0 Å². The summed E-state index contributed by atoms with van der Waals surface area (Å²) in [5, 5.41) is 0. The fraction of sp³-hybridized carbons (Fsp3) is 0.357. The standard InChI is InChI=1S/C14H16O3/c1-10(11-8-6-5-7-9-11)14(4)13(2,3)16-12(15)17-14/h5-9H,1H2,2-4H3. The van der Waals surface area contributed by atoms with Crippen LogP contribution in [0.15, 0.2) is 36.9 Å². The van der Waals surface area contributed by atoms with Crippen LogP contribution in [0.3, 0.4) is 0 Å². The lowest BCUT2D eigenvalue weighted by Crippen LogP contribution is -2.45. The van der Waals surface area contributed by atoms with Gasteiger partial charge in [0.1, 0.15) is 0 Å². The van der Waals surface area contributed by atoms with Crippen LogP contribution in [0.25, 0.3) is 5.57 Å². The second kappa shape index (κ2) is 3.62. The van der Waals surface area contributed by atoms with E-state index in [0.29, 0.717) is 0 Å². The van der Waals surface area contributed by atoms with Crippen LogP contribution in [0.2, 0.25) is 0 Å². The van der Waals surface area contributed by atoms with E-state index in [4.69, 9.17) is 9.47 Å². The minimum atomic E-state index is -0.842. The number of ether oxygens (including phenoxy) is 2. The first kappa shape index (κ1) is 11.7. The number of hydrogen-bond donors (Lipinski definition) is 0. The van der Waals surface area contributed by atoms with E-state index in [-0.39, 0.29) is 0 Å². The zero-order chi connectivity index (χ0) is 12.7. The summed E-state index contributed by atoms with van der Waals surface area (Å²) in [4.78, 5) is 11.3. The molecule has 1 unspecified atom stereocenters. The van der Waals surface area contributed by atoms with Crippen molar-refractivity contribution in [2.75, 3.05) is 0 Å². The maximum Gasteiger partial charge on any atom is 0.510 e. The molecule has 0 aliphatic carbocycles. The molecular formula is C14H16O3. The molecule has 0 radical (unpaired) electrons. The number of benzene rings is 1. The molecule has 1 saturated heterocycles. The average molecular weight is 232 g/mol. The molecule has 1 aromatic carbocycles. The molecule has 0 bridgehead atoms. The maximum absolute atomic E-state index is 11.3. The molecule has 17 heavy (non-hydrogen) atoms. The Labute approximate surface area is 101 Å². The van der Waals surface area contributed by atoms with E-state index in [0.717, 1.165) is 11.1 Å². The fourth-order valence-corrected chi connectivity index (χ4v) is 1.96. The Hall–Kier alpha value is -1.77. The van der Waals surface area contributed by atoms with Crippen LogP contribution in [-0.2, 0) is 9.47 Å². The third kappa shape index (κ3) is 1.71. The molecule has 1 aliphatic rings. The average Bonchev–Trinajstić information content (AvgIpc) is 2.48. The van der Waals surface area contributed by atoms with Gasteiger partial charge in [0.25, 0.3) is 0 Å². The number of hydrogen-bond acceptors (Lipinski definition) is 3. The molecule has 1 atom stereocenters. The van der Waals surface area contributed by atoms with Crippen LogP contribution < -0.4 is 0 Å². The predicted octanol–water partition coefficient (Wildman–Crippen LogP) is 3.40. The fourth-order valence-electron chi connectivity index (χ4n) is 1.96. The summed E-state index contributed by atoms with van der Waals surface area (Å²) in [5.74, 6) is 0. The molecule has 3 nitrogen and oxygen atoms in total. The van der Waals surface area contributed by atoms with Crippen molar-refractivity contribution < 1.29 is 14.3 Å². The third-order valence-electron chi connectivity index (χ3n) is 3.47. The lowest BCUT2D eigenvalue weighted by molar-refractivity contribution is 0.0355. The van der Waals surface area contributed by atoms with Gasteiger partial charge in [-0.2, -0.15) is 0 Å². The maximum atomic E-state index is 11.3. The molecule has 1 heterocycles. The van der Waals surface area contributed by atoms with Gasteiger partial charge in [0.2, 0.25) is 0 Å². The highest BCUT2D eigenvalue weighted by Crippen LogP contribution is 2.44. The van der Waals surface area contributed by atoms with E-state index in [1.165, 1.54) is 0 Å². The summed E-state index contributed by atoms with van der Waals surface area (Å²) >= 11 is 0. The summed E-state index contributed by atoms with van der Waals surface area (Å²) in [6.45, 7) is 9.53. The van der Waals surface area contributed by atoms with Crippen molar-refractivity contribution in [1.82, 2.24) is 0 Å². The van der Waals surface area contributed by atoms with Gasteiger partial charge in [-0.3, -0.25) is 0 Å². The van der Waals surface area contributed by atoms with Gasteiger partial charge in [-0.15, -0.1) is 0 Å². The molecule has 0 aromatic heterocycles. The molecule has 0 amide bonds. The Bertz CT molecular complexity index is 462. The van der Waals surface area contributed by atoms with Gasteiger partial charge in [-0.25, -0.2) is 4.79 Å². The van der Waals surface area contributed by atoms with Crippen LogP contribution >= 0.6 is 0 Å². The Kier molecular flexibility index (Phi) is 2.49. The topological polar surface area (TPSA) is 35.5 Å². The third-order valence-corrected chi connectivity index (χ3v) is 3.47. The van der Waals surface area contributed by atoms with Crippen LogP contribution in [0.5, 0.6) is 0 Å². The van der Waals surface area contributed by atoms with Crippen molar-refractivity contribution in [3.05, 3.63) is 42.5 Å². The first-order chi connectivity index (χ1) is 7.87. The first-order valence-corrected chi connectivity index (χ1v) is 5.53. The van der Waals surface area contributed by atoms with Crippen molar-refractivity contribution in [3.8, 4) is 0 Å². The first-order valence-electron chi connectivity index (χ1n) is 5.53. The predicted molar refractivity (Wildman–Crippen MR) is 65.5 cm³/mol. The van der Waals surface area contributed by atoms with Gasteiger partial charge >= 0.3 is 6.16 Å². The largest absolute Gasteiger partial charge is 0.510 e. The molecule has 0 spiro atoms. The van der Waals surface area contributed by atoms with Gasteiger partial charge in [0, 0.05) is 0 Å². The lowest BCUT2D eigenvalue weighted by Gasteiger charge is -2.34. The highest BCUT2D eigenvalue weighted by Gasteiger charge is 2.56. The van der Waals surface area contributed by atoms with Crippen molar-refractivity contribution in [1.29, 1.82) is 0 Å². The van der Waals surface area contributed by atoms with Crippen LogP contribution in [-0.4, -0.2) is 17.4 Å². The smallest absolute Gasteiger partial charge is 0.424 e. The molecule has 1 fully saturated rings. The normalized spacial score (nSPS) is 26.2. The van der Waals surface area contributed by atoms with Crippen LogP contribution in [0.1, 0.15) is 26.3 Å². The lowest BCUT2D eigenvalue weighted by atomic mass is 9.79. The van der Waals surface area contributed by atoms with E-state index >= 15 is 0 Å².